The Hall–Kier alpha value is -2.41. The van der Waals surface area contributed by atoms with Crippen LogP contribution in [-0.2, 0) is 11.2 Å². The van der Waals surface area contributed by atoms with E-state index in [0.29, 0.717) is 31.2 Å². The largest absolute Gasteiger partial charge is 0.494 e. The summed E-state index contributed by atoms with van der Waals surface area (Å²) in [5, 5.41) is 10.3. The third-order valence-electron chi connectivity index (χ3n) is 4.12. The van der Waals surface area contributed by atoms with Crippen molar-refractivity contribution < 1.29 is 14.1 Å². The highest BCUT2D eigenvalue weighted by molar-refractivity contribution is 5.76. The third kappa shape index (κ3) is 5.03. The Balaban J connectivity index is 1.50. The summed E-state index contributed by atoms with van der Waals surface area (Å²) >= 11 is 0. The van der Waals surface area contributed by atoms with E-state index >= 15 is 0 Å². The lowest BCUT2D eigenvalue weighted by molar-refractivity contribution is -0.121. The van der Waals surface area contributed by atoms with Crippen molar-refractivity contribution in [2.24, 2.45) is 0 Å². The molecule has 1 aromatic carbocycles. The van der Waals surface area contributed by atoms with Gasteiger partial charge in [-0.1, -0.05) is 5.16 Å². The maximum atomic E-state index is 12.0. The molecule has 2 N–H and O–H groups in total. The van der Waals surface area contributed by atoms with Gasteiger partial charge in [0, 0.05) is 31.0 Å². The summed E-state index contributed by atoms with van der Waals surface area (Å²) in [7, 11) is 0. The van der Waals surface area contributed by atoms with Crippen molar-refractivity contribution in [1.29, 1.82) is 0 Å². The number of hydrogen-bond donors (Lipinski definition) is 2. The van der Waals surface area contributed by atoms with Crippen LogP contribution in [0.25, 0.3) is 11.4 Å². The molecule has 1 aliphatic rings. The fraction of sp³-hybridized carbons (Fsp3) is 0.500. The molecule has 25 heavy (non-hydrogen) atoms. The van der Waals surface area contributed by atoms with Gasteiger partial charge in [0.15, 0.2) is 0 Å². The Labute approximate surface area is 147 Å². The van der Waals surface area contributed by atoms with E-state index in [1.54, 1.807) is 0 Å². The quantitative estimate of drug-likeness (QED) is 0.798. The first-order chi connectivity index (χ1) is 12.2. The van der Waals surface area contributed by atoms with Gasteiger partial charge in [-0.15, -0.1) is 0 Å². The van der Waals surface area contributed by atoms with Crippen LogP contribution in [0.15, 0.2) is 28.8 Å². The number of rotatable bonds is 7. The number of carbonyl (C=O) groups excluding carboxylic acids is 1. The summed E-state index contributed by atoms with van der Waals surface area (Å²) in [6.45, 7) is 4.45. The molecule has 1 aliphatic heterocycles. The molecular weight excluding hydrogens is 320 g/mol. The highest BCUT2D eigenvalue weighted by Gasteiger charge is 2.16. The van der Waals surface area contributed by atoms with Crippen molar-refractivity contribution in [2.45, 2.75) is 38.6 Å². The Kier molecular flexibility index (Phi) is 6.00. The fourth-order valence-corrected chi connectivity index (χ4v) is 2.84. The molecule has 1 fully saturated rings. The van der Waals surface area contributed by atoms with Gasteiger partial charge in [-0.25, -0.2) is 0 Å². The normalized spacial score (nSPS) is 17.2. The Morgan fingerprint density at radius 1 is 1.40 bits per heavy atom. The van der Waals surface area contributed by atoms with Crippen molar-refractivity contribution in [1.82, 2.24) is 20.8 Å². The zero-order chi connectivity index (χ0) is 17.5. The van der Waals surface area contributed by atoms with Crippen LogP contribution in [0.1, 0.15) is 32.1 Å². The lowest BCUT2D eigenvalue weighted by Crippen LogP contribution is -2.45. The number of ether oxygens (including phenoxy) is 1. The van der Waals surface area contributed by atoms with Gasteiger partial charge in [0.1, 0.15) is 5.75 Å². The predicted octanol–water partition coefficient (Wildman–Crippen LogP) is 1.94. The number of carbonyl (C=O) groups is 1. The molecule has 1 atom stereocenters. The van der Waals surface area contributed by atoms with Gasteiger partial charge in [-0.05, 0) is 50.6 Å². The summed E-state index contributed by atoms with van der Waals surface area (Å²) in [6, 6.07) is 7.76. The number of piperidine rings is 1. The minimum atomic E-state index is 0.0227. The topological polar surface area (TPSA) is 89.3 Å². The molecule has 1 saturated heterocycles. The molecule has 0 aliphatic carbocycles. The molecule has 2 heterocycles. The maximum absolute atomic E-state index is 12.0. The molecule has 134 valence electrons. The lowest BCUT2D eigenvalue weighted by Gasteiger charge is -2.23. The number of hydrogen-bond acceptors (Lipinski definition) is 6. The van der Waals surface area contributed by atoms with E-state index in [4.69, 9.17) is 9.26 Å². The zero-order valence-corrected chi connectivity index (χ0v) is 14.5. The molecular formula is C18H24N4O3. The Morgan fingerprint density at radius 2 is 2.24 bits per heavy atom. The molecule has 0 unspecified atom stereocenters. The molecule has 0 spiro atoms. The van der Waals surface area contributed by atoms with Gasteiger partial charge in [0.05, 0.1) is 6.61 Å². The number of amides is 1. The second kappa shape index (κ2) is 8.62. The maximum Gasteiger partial charge on any atom is 0.227 e. The highest BCUT2D eigenvalue weighted by Crippen LogP contribution is 2.20. The van der Waals surface area contributed by atoms with Crippen LogP contribution in [0.4, 0.5) is 0 Å². The predicted molar refractivity (Wildman–Crippen MR) is 93.3 cm³/mol. The van der Waals surface area contributed by atoms with Crippen LogP contribution >= 0.6 is 0 Å². The molecule has 7 heteroatoms. The summed E-state index contributed by atoms with van der Waals surface area (Å²) in [5.74, 6) is 1.83. The summed E-state index contributed by atoms with van der Waals surface area (Å²) < 4.78 is 10.7. The summed E-state index contributed by atoms with van der Waals surface area (Å²) in [6.07, 6.45) is 2.92. The van der Waals surface area contributed by atoms with Crippen molar-refractivity contribution in [3.8, 4) is 17.1 Å². The van der Waals surface area contributed by atoms with Crippen LogP contribution in [0.2, 0.25) is 0 Å². The molecule has 0 bridgehead atoms. The molecule has 1 amide bonds. The highest BCUT2D eigenvalue weighted by atomic mass is 16.5. The van der Waals surface area contributed by atoms with Gasteiger partial charge >= 0.3 is 0 Å². The number of nitrogens with zero attached hydrogens (tertiary/aromatic N) is 2. The standard InChI is InChI=1S/C18H24N4O3/c1-2-24-15-7-5-13(6-8-15)18-21-17(25-22-18)10-9-16(23)20-14-4-3-11-19-12-14/h5-8,14,19H,2-4,9-12H2,1H3,(H,20,23)/t14-/m0/s1. The zero-order valence-electron chi connectivity index (χ0n) is 14.5. The van der Waals surface area contributed by atoms with E-state index in [9.17, 15) is 4.79 Å². The summed E-state index contributed by atoms with van der Waals surface area (Å²) in [4.78, 5) is 16.4. The summed E-state index contributed by atoms with van der Waals surface area (Å²) in [5.41, 5.74) is 0.858. The van der Waals surface area contributed by atoms with E-state index in [-0.39, 0.29) is 11.9 Å². The van der Waals surface area contributed by atoms with Crippen molar-refractivity contribution in [2.75, 3.05) is 19.7 Å². The van der Waals surface area contributed by atoms with Gasteiger partial charge in [-0.2, -0.15) is 4.98 Å². The number of nitrogens with one attached hydrogen (secondary N) is 2. The molecule has 0 saturated carbocycles. The second-order valence-corrected chi connectivity index (χ2v) is 6.08. The third-order valence-corrected chi connectivity index (χ3v) is 4.12. The average Bonchev–Trinajstić information content (AvgIpc) is 3.11. The second-order valence-electron chi connectivity index (χ2n) is 6.08. The average molecular weight is 344 g/mol. The first-order valence-corrected chi connectivity index (χ1v) is 8.80. The molecule has 2 aromatic rings. The van der Waals surface area contributed by atoms with E-state index in [1.807, 2.05) is 31.2 Å². The Bertz CT molecular complexity index is 678. The van der Waals surface area contributed by atoms with Gasteiger partial charge < -0.3 is 19.9 Å². The van der Waals surface area contributed by atoms with Crippen LogP contribution in [0.3, 0.4) is 0 Å². The van der Waals surface area contributed by atoms with Crippen LogP contribution in [-0.4, -0.2) is 41.8 Å². The molecule has 3 rings (SSSR count). The van der Waals surface area contributed by atoms with E-state index < -0.39 is 0 Å². The van der Waals surface area contributed by atoms with Crippen LogP contribution in [0.5, 0.6) is 5.75 Å². The molecule has 1 aromatic heterocycles. The van der Waals surface area contributed by atoms with Crippen LogP contribution < -0.4 is 15.4 Å². The number of benzene rings is 1. The number of aromatic nitrogens is 2. The van der Waals surface area contributed by atoms with Crippen LogP contribution in [0, 0.1) is 0 Å². The van der Waals surface area contributed by atoms with E-state index in [2.05, 4.69) is 20.8 Å². The fourth-order valence-electron chi connectivity index (χ4n) is 2.84. The lowest BCUT2D eigenvalue weighted by atomic mass is 10.1. The van der Waals surface area contributed by atoms with Gasteiger partial charge in [0.25, 0.3) is 0 Å². The van der Waals surface area contributed by atoms with Gasteiger partial charge in [0.2, 0.25) is 17.6 Å². The number of aryl methyl sites for hydroxylation is 1. The molecule has 7 nitrogen and oxygen atoms in total. The smallest absolute Gasteiger partial charge is 0.227 e. The van der Waals surface area contributed by atoms with Crippen molar-refractivity contribution >= 4 is 5.91 Å². The first kappa shape index (κ1) is 17.4. The minimum Gasteiger partial charge on any atom is -0.494 e. The first-order valence-electron chi connectivity index (χ1n) is 8.80. The molecule has 0 radical (unpaired) electrons. The van der Waals surface area contributed by atoms with Gasteiger partial charge in [-0.3, -0.25) is 4.79 Å². The SMILES string of the molecule is CCOc1ccc(-c2noc(CCC(=O)N[C@H]3CCCNC3)n2)cc1. The Morgan fingerprint density at radius 3 is 2.96 bits per heavy atom. The van der Waals surface area contributed by atoms with Crippen molar-refractivity contribution in [3.05, 3.63) is 30.2 Å². The van der Waals surface area contributed by atoms with E-state index in [0.717, 1.165) is 37.2 Å². The monoisotopic (exact) mass is 344 g/mol. The van der Waals surface area contributed by atoms with E-state index in [1.165, 1.54) is 0 Å². The minimum absolute atomic E-state index is 0.0227. The van der Waals surface area contributed by atoms with Crippen molar-refractivity contribution in [3.63, 3.8) is 0 Å².